The molecule has 0 saturated heterocycles. The highest BCUT2D eigenvalue weighted by atomic mass is 16.3. The Labute approximate surface area is 270 Å². The summed E-state index contributed by atoms with van der Waals surface area (Å²) >= 11 is 0. The van der Waals surface area contributed by atoms with Crippen molar-refractivity contribution in [3.05, 3.63) is 167 Å². The van der Waals surface area contributed by atoms with Crippen molar-refractivity contribution in [2.75, 3.05) is 22.1 Å². The fraction of sp³-hybridized carbons (Fsp3) is 0.0256. The van der Waals surface area contributed by atoms with E-state index in [9.17, 15) is 19.8 Å². The van der Waals surface area contributed by atoms with Crippen LogP contribution in [-0.4, -0.2) is 22.0 Å². The van der Waals surface area contributed by atoms with Gasteiger partial charge in [-0.15, -0.1) is 0 Å². The zero-order valence-electron chi connectivity index (χ0n) is 25.1. The van der Waals surface area contributed by atoms with Crippen LogP contribution in [0.1, 0.15) is 43.0 Å². The summed E-state index contributed by atoms with van der Waals surface area (Å²) in [5.74, 6) is -1.02. The molecule has 0 unspecified atom stereocenters. The highest BCUT2D eigenvalue weighted by Crippen LogP contribution is 2.57. The van der Waals surface area contributed by atoms with Gasteiger partial charge in [-0.05, 0) is 106 Å². The zero-order chi connectivity index (χ0) is 32.7. The maximum Gasteiger partial charge on any atom is 0.255 e. The second-order valence-electron chi connectivity index (χ2n) is 11.5. The Morgan fingerprint density at radius 2 is 0.894 bits per heavy atom. The van der Waals surface area contributed by atoms with Crippen molar-refractivity contribution in [2.24, 2.45) is 0 Å². The molecule has 2 amide bonds. The summed E-state index contributed by atoms with van der Waals surface area (Å²) in [6.45, 7) is 0. The molecule has 8 heteroatoms. The number of amides is 2. The van der Waals surface area contributed by atoms with Crippen LogP contribution >= 0.6 is 0 Å². The molecule has 0 aromatic heterocycles. The highest BCUT2D eigenvalue weighted by molar-refractivity contribution is 6.06. The van der Waals surface area contributed by atoms with E-state index in [0.29, 0.717) is 22.5 Å². The third-order valence-electron chi connectivity index (χ3n) is 8.65. The summed E-state index contributed by atoms with van der Waals surface area (Å²) in [5, 5.41) is 27.6. The van der Waals surface area contributed by atoms with Crippen LogP contribution in [0.3, 0.4) is 0 Å². The van der Waals surface area contributed by atoms with Crippen LogP contribution in [0.4, 0.5) is 22.7 Å². The van der Waals surface area contributed by atoms with E-state index >= 15 is 0 Å². The molecule has 0 spiro atoms. The number of anilines is 4. The van der Waals surface area contributed by atoms with E-state index in [1.807, 2.05) is 48.5 Å². The van der Waals surface area contributed by atoms with Crippen LogP contribution in [-0.2, 0) is 5.41 Å². The maximum absolute atomic E-state index is 13.2. The van der Waals surface area contributed by atoms with Gasteiger partial charge >= 0.3 is 0 Å². The van der Waals surface area contributed by atoms with Crippen molar-refractivity contribution in [3.63, 3.8) is 0 Å². The normalized spacial score (nSPS) is 12.5. The number of phenols is 2. The lowest BCUT2D eigenvalue weighted by Crippen LogP contribution is -2.29. The van der Waals surface area contributed by atoms with Gasteiger partial charge in [0.15, 0.2) is 0 Å². The Bertz CT molecular complexity index is 2020. The molecule has 6 aromatic rings. The molecule has 0 fully saturated rings. The lowest BCUT2D eigenvalue weighted by atomic mass is 9.67. The molecule has 7 rings (SSSR count). The monoisotopic (exact) mass is 618 g/mol. The fourth-order valence-corrected chi connectivity index (χ4v) is 6.42. The number of carbonyl (C=O) groups excluding carboxylic acids is 2. The van der Waals surface area contributed by atoms with Gasteiger partial charge < -0.3 is 32.3 Å². The Morgan fingerprint density at radius 3 is 1.30 bits per heavy atom. The summed E-state index contributed by atoms with van der Waals surface area (Å²) in [6.07, 6.45) is 0. The van der Waals surface area contributed by atoms with Crippen LogP contribution in [0.25, 0.3) is 11.1 Å². The third-order valence-corrected chi connectivity index (χ3v) is 8.65. The van der Waals surface area contributed by atoms with E-state index in [1.165, 1.54) is 0 Å². The number of hydrogen-bond donors (Lipinski definition) is 6. The van der Waals surface area contributed by atoms with Crippen molar-refractivity contribution in [1.82, 2.24) is 0 Å². The SMILES string of the molecule is Nc1ccc(C(=O)Nc2cc(C3(c4ccc(O)c(NC(=O)c5ccc(N)cc5)c4)c4ccccc4-c4ccccc43)ccc2O)cc1. The first kappa shape index (κ1) is 29.2. The minimum Gasteiger partial charge on any atom is -0.506 e. The summed E-state index contributed by atoms with van der Waals surface area (Å²) in [4.78, 5) is 26.5. The van der Waals surface area contributed by atoms with E-state index in [-0.39, 0.29) is 22.9 Å². The second kappa shape index (κ2) is 11.4. The number of fused-ring (bicyclic) bond motifs is 3. The fourth-order valence-electron chi connectivity index (χ4n) is 6.42. The molecule has 0 atom stereocenters. The van der Waals surface area contributed by atoms with Crippen LogP contribution in [0.15, 0.2) is 133 Å². The Balaban J connectivity index is 1.40. The predicted molar refractivity (Wildman–Crippen MR) is 185 cm³/mol. The van der Waals surface area contributed by atoms with Crippen LogP contribution in [0, 0.1) is 0 Å². The average Bonchev–Trinajstić information content (AvgIpc) is 3.38. The van der Waals surface area contributed by atoms with E-state index < -0.39 is 17.2 Å². The van der Waals surface area contributed by atoms with Crippen LogP contribution in [0.2, 0.25) is 0 Å². The van der Waals surface area contributed by atoms with Gasteiger partial charge in [-0.2, -0.15) is 0 Å². The first-order valence-corrected chi connectivity index (χ1v) is 15.0. The van der Waals surface area contributed by atoms with Gasteiger partial charge in [0.2, 0.25) is 0 Å². The van der Waals surface area contributed by atoms with E-state index in [2.05, 4.69) is 22.8 Å². The highest BCUT2D eigenvalue weighted by Gasteiger charge is 2.46. The molecule has 230 valence electrons. The maximum atomic E-state index is 13.2. The zero-order valence-corrected chi connectivity index (χ0v) is 25.1. The minimum atomic E-state index is -0.962. The van der Waals surface area contributed by atoms with Crippen molar-refractivity contribution in [1.29, 1.82) is 0 Å². The van der Waals surface area contributed by atoms with Gasteiger partial charge in [0.25, 0.3) is 11.8 Å². The smallest absolute Gasteiger partial charge is 0.255 e. The Morgan fingerprint density at radius 1 is 0.511 bits per heavy atom. The lowest BCUT2D eigenvalue weighted by Gasteiger charge is -2.34. The van der Waals surface area contributed by atoms with Gasteiger partial charge in [0.05, 0.1) is 16.8 Å². The number of rotatable bonds is 6. The first-order valence-electron chi connectivity index (χ1n) is 15.0. The van der Waals surface area contributed by atoms with Gasteiger partial charge in [0.1, 0.15) is 11.5 Å². The second-order valence-corrected chi connectivity index (χ2v) is 11.5. The summed E-state index contributed by atoms with van der Waals surface area (Å²) in [7, 11) is 0. The third kappa shape index (κ3) is 4.98. The largest absolute Gasteiger partial charge is 0.506 e. The summed E-state index contributed by atoms with van der Waals surface area (Å²) in [5.41, 5.74) is 18.4. The number of nitrogens with two attached hydrogens (primary N) is 2. The van der Waals surface area contributed by atoms with Crippen molar-refractivity contribution >= 4 is 34.6 Å². The summed E-state index contributed by atoms with van der Waals surface area (Å²) in [6, 6.07) is 39.5. The number of nitrogen functional groups attached to an aromatic ring is 2. The molecule has 0 aliphatic heterocycles. The number of aromatic hydroxyl groups is 2. The Kier molecular flexibility index (Phi) is 7.10. The van der Waals surface area contributed by atoms with Gasteiger partial charge in [-0.3, -0.25) is 9.59 Å². The van der Waals surface area contributed by atoms with E-state index in [0.717, 1.165) is 33.4 Å². The average molecular weight is 619 g/mol. The van der Waals surface area contributed by atoms with Gasteiger partial charge in [0, 0.05) is 22.5 Å². The molecule has 1 aliphatic rings. The molecule has 8 N–H and O–H groups in total. The first-order chi connectivity index (χ1) is 22.8. The standard InChI is InChI=1S/C39H30N4O4/c40-27-15-9-23(10-16-27)37(46)42-33-21-25(13-19-35(33)44)39(31-7-3-1-5-29(31)30-6-2-4-8-32(30)39)26-14-20-36(45)34(22-26)43-38(47)24-11-17-28(41)18-12-24/h1-22,44-45H,40-41H2,(H,42,46)(H,43,47). The molecular weight excluding hydrogens is 588 g/mol. The minimum absolute atomic E-state index is 0.102. The predicted octanol–water partition coefficient (Wildman–Crippen LogP) is 7.13. The van der Waals surface area contributed by atoms with Crippen molar-refractivity contribution in [2.45, 2.75) is 5.41 Å². The number of benzene rings is 6. The number of phenolic OH excluding ortho intramolecular Hbond substituents is 2. The lowest BCUT2D eigenvalue weighted by molar-refractivity contribution is 0.101. The summed E-state index contributed by atoms with van der Waals surface area (Å²) < 4.78 is 0. The molecule has 8 nitrogen and oxygen atoms in total. The molecule has 0 radical (unpaired) electrons. The number of carbonyl (C=O) groups is 2. The molecule has 47 heavy (non-hydrogen) atoms. The van der Waals surface area contributed by atoms with Gasteiger partial charge in [-0.25, -0.2) is 0 Å². The van der Waals surface area contributed by atoms with Crippen molar-refractivity contribution < 1.29 is 19.8 Å². The Hall–Kier alpha value is -6.54. The molecular formula is C39H30N4O4. The topological polar surface area (TPSA) is 151 Å². The van der Waals surface area contributed by atoms with Crippen LogP contribution < -0.4 is 22.1 Å². The molecule has 6 aromatic carbocycles. The van der Waals surface area contributed by atoms with Gasteiger partial charge in [-0.1, -0.05) is 60.7 Å². The number of nitrogens with one attached hydrogen (secondary N) is 2. The van der Waals surface area contributed by atoms with Crippen LogP contribution in [0.5, 0.6) is 11.5 Å². The molecule has 0 saturated carbocycles. The van der Waals surface area contributed by atoms with E-state index in [1.54, 1.807) is 72.8 Å². The molecule has 0 bridgehead atoms. The molecule has 0 heterocycles. The van der Waals surface area contributed by atoms with E-state index in [4.69, 9.17) is 11.5 Å². The quantitative estimate of drug-likeness (QED) is 0.0862. The number of hydrogen-bond acceptors (Lipinski definition) is 6. The van der Waals surface area contributed by atoms with Crippen molar-refractivity contribution in [3.8, 4) is 22.6 Å². The molecule has 1 aliphatic carbocycles.